The van der Waals surface area contributed by atoms with Crippen LogP contribution in [0.2, 0.25) is 0 Å². The molecule has 1 aromatic heterocycles. The second kappa shape index (κ2) is 10.6. The van der Waals surface area contributed by atoms with Gasteiger partial charge >= 0.3 is 0 Å². The van der Waals surface area contributed by atoms with E-state index in [9.17, 15) is 0 Å². The van der Waals surface area contributed by atoms with E-state index in [1.54, 1.807) is 0 Å². The third kappa shape index (κ3) is 4.13. The molecule has 0 aliphatic heterocycles. The Kier molecular flexibility index (Phi) is 5.91. The number of rotatable bonds is 4. The predicted molar refractivity (Wildman–Crippen MR) is 204 cm³/mol. The lowest BCUT2D eigenvalue weighted by Gasteiger charge is -2.27. The zero-order valence-electron chi connectivity index (χ0n) is 26.1. The zero-order valence-corrected chi connectivity index (χ0v) is 26.1. The molecule has 0 radical (unpaired) electrons. The highest BCUT2D eigenvalue weighted by molar-refractivity contribution is 6.34. The van der Waals surface area contributed by atoms with Crippen molar-refractivity contribution in [3.05, 3.63) is 176 Å². The van der Waals surface area contributed by atoms with Crippen molar-refractivity contribution >= 4 is 82.1 Å². The van der Waals surface area contributed by atoms with Gasteiger partial charge in [-0.3, -0.25) is 0 Å². The van der Waals surface area contributed by atoms with Crippen molar-refractivity contribution in [3.8, 4) is 11.1 Å². The normalized spacial score (nSPS) is 11.8. The molecule has 0 N–H and O–H groups in total. The van der Waals surface area contributed by atoms with Crippen LogP contribution < -0.4 is 4.90 Å². The summed E-state index contributed by atoms with van der Waals surface area (Å²) in [5, 5.41) is 12.2. The first kappa shape index (κ1) is 26.8. The van der Waals surface area contributed by atoms with Crippen LogP contribution in [0.3, 0.4) is 0 Å². The van der Waals surface area contributed by atoms with Crippen molar-refractivity contribution in [2.75, 3.05) is 4.90 Å². The Hall–Kier alpha value is -6.38. The lowest BCUT2D eigenvalue weighted by Crippen LogP contribution is -2.10. The number of fused-ring (bicyclic) bond motifs is 11. The van der Waals surface area contributed by atoms with Crippen molar-refractivity contribution in [3.63, 3.8) is 0 Å². The Balaban J connectivity index is 1.28. The minimum Gasteiger partial charge on any atom is -0.456 e. The van der Waals surface area contributed by atoms with Gasteiger partial charge in [-0.15, -0.1) is 0 Å². The molecule has 2 nitrogen and oxygen atoms in total. The third-order valence-electron chi connectivity index (χ3n) is 9.78. The average Bonchev–Trinajstić information content (AvgIpc) is 3.54. The standard InChI is InChI=1S/C46H29NO/c1-2-11-30(12-3-1)33-15-10-16-34(27-33)47(35-22-21-31-13-4-5-14-32(31)28-35)36-23-24-38-37-17-6-7-18-39(37)45-40(42(38)29-36)25-26-44-46(45)41-19-8-9-20-43(41)48-44/h1-29H. The lowest BCUT2D eigenvalue weighted by molar-refractivity contribution is 0.669. The van der Waals surface area contributed by atoms with Gasteiger partial charge in [0.25, 0.3) is 0 Å². The first-order chi connectivity index (χ1) is 23.8. The molecule has 0 aliphatic carbocycles. The average molecular weight is 612 g/mol. The molecule has 0 amide bonds. The van der Waals surface area contributed by atoms with Crippen molar-refractivity contribution in [1.82, 2.24) is 0 Å². The lowest BCUT2D eigenvalue weighted by atomic mass is 9.91. The van der Waals surface area contributed by atoms with Gasteiger partial charge in [-0.25, -0.2) is 0 Å². The molecule has 0 saturated carbocycles. The van der Waals surface area contributed by atoms with Gasteiger partial charge in [0.05, 0.1) is 0 Å². The molecular weight excluding hydrogens is 583 g/mol. The highest BCUT2D eigenvalue weighted by Gasteiger charge is 2.19. The van der Waals surface area contributed by atoms with Gasteiger partial charge in [-0.05, 0) is 103 Å². The molecule has 0 spiro atoms. The summed E-state index contributed by atoms with van der Waals surface area (Å²) in [6.45, 7) is 0. The van der Waals surface area contributed by atoms with Crippen molar-refractivity contribution < 1.29 is 4.42 Å². The number of para-hydroxylation sites is 1. The van der Waals surface area contributed by atoms with Gasteiger partial charge in [-0.2, -0.15) is 0 Å². The summed E-state index contributed by atoms with van der Waals surface area (Å²) >= 11 is 0. The highest BCUT2D eigenvalue weighted by atomic mass is 16.3. The fourth-order valence-corrected chi connectivity index (χ4v) is 7.60. The first-order valence-corrected chi connectivity index (χ1v) is 16.4. The van der Waals surface area contributed by atoms with Crippen LogP contribution in [-0.2, 0) is 0 Å². The third-order valence-corrected chi connectivity index (χ3v) is 9.78. The number of hydrogen-bond donors (Lipinski definition) is 0. The molecular formula is C46H29NO. The van der Waals surface area contributed by atoms with E-state index in [4.69, 9.17) is 4.42 Å². The topological polar surface area (TPSA) is 16.4 Å². The molecule has 0 aliphatic rings. The molecule has 0 saturated heterocycles. The van der Waals surface area contributed by atoms with Gasteiger partial charge in [0, 0.05) is 33.2 Å². The fraction of sp³-hybridized carbons (Fsp3) is 0. The Labute approximate surface area is 277 Å². The van der Waals surface area contributed by atoms with Crippen LogP contribution in [0.5, 0.6) is 0 Å². The van der Waals surface area contributed by atoms with Crippen LogP contribution in [0.15, 0.2) is 180 Å². The van der Waals surface area contributed by atoms with E-state index in [0.29, 0.717) is 0 Å². The fourth-order valence-electron chi connectivity index (χ4n) is 7.60. The second-order valence-electron chi connectivity index (χ2n) is 12.5. The molecule has 9 aromatic carbocycles. The number of hydrogen-bond acceptors (Lipinski definition) is 2. The maximum absolute atomic E-state index is 6.37. The predicted octanol–water partition coefficient (Wildman–Crippen LogP) is 13.3. The molecule has 0 fully saturated rings. The quantitative estimate of drug-likeness (QED) is 0.184. The van der Waals surface area contributed by atoms with E-state index >= 15 is 0 Å². The van der Waals surface area contributed by atoms with Crippen LogP contribution in [0.4, 0.5) is 17.1 Å². The summed E-state index contributed by atoms with van der Waals surface area (Å²) in [5.74, 6) is 0. The molecule has 0 unspecified atom stereocenters. The largest absolute Gasteiger partial charge is 0.456 e. The van der Waals surface area contributed by atoms with Crippen molar-refractivity contribution in [2.24, 2.45) is 0 Å². The van der Waals surface area contributed by atoms with Crippen molar-refractivity contribution in [1.29, 1.82) is 0 Å². The van der Waals surface area contributed by atoms with Crippen LogP contribution in [-0.4, -0.2) is 0 Å². The van der Waals surface area contributed by atoms with Gasteiger partial charge in [0.15, 0.2) is 0 Å². The summed E-state index contributed by atoms with van der Waals surface area (Å²) < 4.78 is 6.37. The van der Waals surface area contributed by atoms with Gasteiger partial charge in [0.2, 0.25) is 0 Å². The molecule has 10 rings (SSSR count). The number of anilines is 3. The minimum atomic E-state index is 0.915. The van der Waals surface area contributed by atoms with E-state index in [0.717, 1.165) is 33.6 Å². The summed E-state index contributed by atoms with van der Waals surface area (Å²) in [6, 6.07) is 63.3. The van der Waals surface area contributed by atoms with Crippen LogP contribution >= 0.6 is 0 Å². The molecule has 48 heavy (non-hydrogen) atoms. The van der Waals surface area contributed by atoms with E-state index < -0.39 is 0 Å². The van der Waals surface area contributed by atoms with E-state index in [1.807, 2.05) is 6.07 Å². The molecule has 0 bridgehead atoms. The van der Waals surface area contributed by atoms with Gasteiger partial charge in [0.1, 0.15) is 11.2 Å². The Bertz CT molecular complexity index is 2850. The smallest absolute Gasteiger partial charge is 0.136 e. The molecule has 10 aromatic rings. The molecule has 1 heterocycles. The van der Waals surface area contributed by atoms with Crippen LogP contribution in [0.25, 0.3) is 76.2 Å². The minimum absolute atomic E-state index is 0.915. The van der Waals surface area contributed by atoms with Gasteiger partial charge < -0.3 is 9.32 Å². The summed E-state index contributed by atoms with van der Waals surface area (Å²) in [4.78, 5) is 2.39. The Morgan fingerprint density at radius 2 is 0.938 bits per heavy atom. The summed E-state index contributed by atoms with van der Waals surface area (Å²) in [5.41, 5.74) is 7.55. The van der Waals surface area contributed by atoms with Crippen LogP contribution in [0.1, 0.15) is 0 Å². The highest BCUT2D eigenvalue weighted by Crippen LogP contribution is 2.45. The maximum atomic E-state index is 6.37. The van der Waals surface area contributed by atoms with E-state index in [1.165, 1.54) is 59.6 Å². The molecule has 0 atom stereocenters. The zero-order chi connectivity index (χ0) is 31.6. The summed E-state index contributed by atoms with van der Waals surface area (Å²) in [6.07, 6.45) is 0. The van der Waals surface area contributed by atoms with Gasteiger partial charge in [-0.1, -0.05) is 121 Å². The number of furan rings is 1. The second-order valence-corrected chi connectivity index (χ2v) is 12.5. The molecule has 2 heteroatoms. The number of benzene rings is 9. The Morgan fingerprint density at radius 1 is 0.312 bits per heavy atom. The SMILES string of the molecule is c1ccc(-c2cccc(N(c3ccc4ccccc4c3)c3ccc4c5ccccc5c5c(ccc6oc7ccccc7c65)c4c3)c2)cc1. The maximum Gasteiger partial charge on any atom is 0.136 e. The van der Waals surface area contributed by atoms with Crippen LogP contribution in [0, 0.1) is 0 Å². The Morgan fingerprint density at radius 3 is 1.83 bits per heavy atom. The first-order valence-electron chi connectivity index (χ1n) is 16.4. The summed E-state index contributed by atoms with van der Waals surface area (Å²) in [7, 11) is 0. The van der Waals surface area contributed by atoms with Crippen molar-refractivity contribution in [2.45, 2.75) is 0 Å². The monoisotopic (exact) mass is 611 g/mol. The molecule has 224 valence electrons. The van der Waals surface area contributed by atoms with E-state index in [2.05, 4.69) is 175 Å². The van der Waals surface area contributed by atoms with E-state index in [-0.39, 0.29) is 0 Å². The number of nitrogens with zero attached hydrogens (tertiary/aromatic N) is 1.